The molecular formula is C58H45N5S. The molecule has 3 N–H and O–H groups in total. The fraction of sp³-hybridized carbons (Fsp3) is 0.0345. The predicted octanol–water partition coefficient (Wildman–Crippen LogP) is 14.7. The van der Waals surface area contributed by atoms with Crippen molar-refractivity contribution in [2.24, 2.45) is 5.73 Å². The van der Waals surface area contributed by atoms with Crippen molar-refractivity contribution in [3.63, 3.8) is 0 Å². The Morgan fingerprint density at radius 1 is 0.625 bits per heavy atom. The van der Waals surface area contributed by atoms with Crippen LogP contribution in [0.4, 0.5) is 5.69 Å². The molecule has 0 amide bonds. The zero-order valence-electron chi connectivity index (χ0n) is 35.4. The van der Waals surface area contributed by atoms with Crippen LogP contribution in [-0.2, 0) is 6.54 Å². The van der Waals surface area contributed by atoms with Crippen molar-refractivity contribution in [1.82, 2.24) is 9.55 Å². The maximum atomic E-state index is 8.43. The lowest BCUT2D eigenvalue weighted by Crippen LogP contribution is -2.15. The second-order valence-electron chi connectivity index (χ2n) is 15.9. The van der Waals surface area contributed by atoms with E-state index in [1.54, 1.807) is 11.3 Å². The van der Waals surface area contributed by atoms with E-state index in [9.17, 15) is 0 Å². The summed E-state index contributed by atoms with van der Waals surface area (Å²) in [6, 6.07) is 63.7. The smallest absolute Gasteiger partial charge is 0.0888 e. The van der Waals surface area contributed by atoms with Crippen molar-refractivity contribution in [1.29, 1.82) is 5.41 Å². The first-order chi connectivity index (χ1) is 31.4. The lowest BCUT2D eigenvalue weighted by Gasteiger charge is -2.24. The molecule has 0 aliphatic rings. The van der Waals surface area contributed by atoms with Gasteiger partial charge in [0, 0.05) is 86.1 Å². The van der Waals surface area contributed by atoms with E-state index in [0.29, 0.717) is 6.54 Å². The van der Waals surface area contributed by atoms with E-state index in [-0.39, 0.29) is 0 Å². The number of pyridine rings is 1. The van der Waals surface area contributed by atoms with Gasteiger partial charge >= 0.3 is 0 Å². The van der Waals surface area contributed by atoms with Gasteiger partial charge in [0.15, 0.2) is 0 Å². The summed E-state index contributed by atoms with van der Waals surface area (Å²) < 4.78 is 4.73. The van der Waals surface area contributed by atoms with Crippen LogP contribution < -0.4 is 10.6 Å². The molecule has 0 saturated heterocycles. The van der Waals surface area contributed by atoms with Crippen LogP contribution in [0.2, 0.25) is 0 Å². The zero-order valence-corrected chi connectivity index (χ0v) is 36.3. The van der Waals surface area contributed by atoms with Gasteiger partial charge in [0.1, 0.15) is 0 Å². The van der Waals surface area contributed by atoms with Crippen LogP contribution in [0.5, 0.6) is 0 Å². The molecule has 0 atom stereocenters. The van der Waals surface area contributed by atoms with Gasteiger partial charge in [-0.3, -0.25) is 4.98 Å². The molecular weight excluding hydrogens is 799 g/mol. The molecule has 0 bridgehead atoms. The molecule has 0 aliphatic heterocycles. The minimum Gasteiger partial charge on any atom is -0.398 e. The third-order valence-corrected chi connectivity index (χ3v) is 13.2. The number of nitrogens with one attached hydrogen (secondary N) is 1. The second-order valence-corrected chi connectivity index (χ2v) is 17.0. The van der Waals surface area contributed by atoms with Gasteiger partial charge < -0.3 is 20.6 Å². The molecule has 0 unspecified atom stereocenters. The average molecular weight is 844 g/mol. The maximum Gasteiger partial charge on any atom is 0.0888 e. The number of aromatic nitrogens is 2. The molecule has 0 radical (unpaired) electrons. The number of benzene rings is 7. The molecule has 0 spiro atoms. The second kappa shape index (κ2) is 17.4. The fourth-order valence-corrected chi connectivity index (χ4v) is 9.71. The normalized spacial score (nSPS) is 12.4. The van der Waals surface area contributed by atoms with Gasteiger partial charge in [0.05, 0.1) is 10.2 Å². The first-order valence-electron chi connectivity index (χ1n) is 21.3. The third-order valence-electron chi connectivity index (χ3n) is 12.0. The molecule has 7 aromatic carbocycles. The molecule has 64 heavy (non-hydrogen) atoms. The number of thiophene rings is 1. The molecule has 308 valence electrons. The van der Waals surface area contributed by atoms with Crippen LogP contribution in [0.3, 0.4) is 0 Å². The van der Waals surface area contributed by atoms with E-state index in [1.165, 1.54) is 32.7 Å². The first kappa shape index (κ1) is 40.0. The minimum atomic E-state index is 0.667. The third kappa shape index (κ3) is 7.72. The Kier molecular flexibility index (Phi) is 10.9. The average Bonchev–Trinajstić information content (AvgIpc) is 3.89. The molecule has 10 rings (SSSR count). The highest BCUT2D eigenvalue weighted by molar-refractivity contribution is 7.25. The summed E-state index contributed by atoms with van der Waals surface area (Å²) in [5.41, 5.74) is 21.9. The van der Waals surface area contributed by atoms with Crippen molar-refractivity contribution >= 4 is 82.2 Å². The summed E-state index contributed by atoms with van der Waals surface area (Å²) in [5.74, 6) is 0. The molecule has 6 heteroatoms. The van der Waals surface area contributed by atoms with Crippen molar-refractivity contribution in [3.05, 3.63) is 235 Å². The predicted molar refractivity (Wildman–Crippen MR) is 275 cm³/mol. The van der Waals surface area contributed by atoms with Crippen LogP contribution >= 0.6 is 11.3 Å². The van der Waals surface area contributed by atoms with E-state index in [0.717, 1.165) is 82.8 Å². The molecule has 0 aliphatic carbocycles. The molecule has 10 aromatic rings. The number of hydrogen-bond acceptors (Lipinski definition) is 5. The number of hydrogen-bond donors (Lipinski definition) is 2. The largest absolute Gasteiger partial charge is 0.398 e. The molecule has 0 fully saturated rings. The highest BCUT2D eigenvalue weighted by Crippen LogP contribution is 2.39. The highest BCUT2D eigenvalue weighted by Gasteiger charge is 2.17. The number of allylic oxidation sites excluding steroid dienone is 5. The Morgan fingerprint density at radius 3 is 2.09 bits per heavy atom. The fourth-order valence-electron chi connectivity index (χ4n) is 8.67. The number of fused-ring (bicyclic) bond motifs is 6. The van der Waals surface area contributed by atoms with Gasteiger partial charge in [0.25, 0.3) is 0 Å². The Balaban J connectivity index is 1.01. The summed E-state index contributed by atoms with van der Waals surface area (Å²) in [4.78, 5) is 6.78. The van der Waals surface area contributed by atoms with Gasteiger partial charge in [-0.2, -0.15) is 0 Å². The summed E-state index contributed by atoms with van der Waals surface area (Å²) in [6.45, 7) is 5.19. The number of nitrogens with zero attached hydrogens (tertiary/aromatic N) is 3. The van der Waals surface area contributed by atoms with Gasteiger partial charge in [-0.1, -0.05) is 140 Å². The number of nitrogens with two attached hydrogens (primary N) is 1. The lowest BCUT2D eigenvalue weighted by molar-refractivity contribution is 0.900. The van der Waals surface area contributed by atoms with Crippen molar-refractivity contribution in [3.8, 4) is 22.3 Å². The van der Waals surface area contributed by atoms with Crippen molar-refractivity contribution in [2.75, 3.05) is 11.9 Å². The molecule has 3 aromatic heterocycles. The van der Waals surface area contributed by atoms with Gasteiger partial charge in [-0.05, 0) is 106 Å². The van der Waals surface area contributed by atoms with Crippen LogP contribution in [-0.4, -0.2) is 22.8 Å². The van der Waals surface area contributed by atoms with E-state index in [4.69, 9.17) is 11.1 Å². The number of rotatable bonds is 12. The lowest BCUT2D eigenvalue weighted by atomic mass is 9.95. The highest BCUT2D eigenvalue weighted by atomic mass is 32.1. The Bertz CT molecular complexity index is 3470. The van der Waals surface area contributed by atoms with Crippen LogP contribution in [0, 0.1) is 5.41 Å². The standard InChI is InChI=1S/C58H45N5S/c1-39(33-47(38-59)45-26-29-56-51(36-45)58-57(64-56)23-14-31-61-58)62(2)53-27-24-43(34-49(53)41-17-8-4-9-18-41)44-25-28-55-50(35-44)48-21-12-13-22-54(48)63(55)32-30-46(40-15-6-3-7-16-40)37-52(60)42-19-10-5-11-20-42/h3-31,33-38,59H,1,32,60H2,2H3/b46-30+,47-33+,52-37-,59-38?. The molecule has 0 saturated carbocycles. The van der Waals surface area contributed by atoms with Gasteiger partial charge in [0.2, 0.25) is 0 Å². The first-order valence-corrected chi connectivity index (χ1v) is 22.2. The Labute approximate surface area is 377 Å². The topological polar surface area (TPSA) is 70.9 Å². The number of para-hydroxylation sites is 1. The Morgan fingerprint density at radius 2 is 1.31 bits per heavy atom. The summed E-state index contributed by atoms with van der Waals surface area (Å²) in [6.07, 6.45) is 9.61. The maximum absolute atomic E-state index is 8.43. The van der Waals surface area contributed by atoms with E-state index < -0.39 is 0 Å². The quantitative estimate of drug-likeness (QED) is 0.0951. The van der Waals surface area contributed by atoms with Gasteiger partial charge in [-0.15, -0.1) is 11.3 Å². The van der Waals surface area contributed by atoms with Crippen LogP contribution in [0.15, 0.2) is 219 Å². The summed E-state index contributed by atoms with van der Waals surface area (Å²) >= 11 is 1.74. The molecule has 3 heterocycles. The summed E-state index contributed by atoms with van der Waals surface area (Å²) in [5, 5.41) is 11.9. The molecule has 5 nitrogen and oxygen atoms in total. The van der Waals surface area contributed by atoms with Gasteiger partial charge in [-0.25, -0.2) is 0 Å². The summed E-state index contributed by atoms with van der Waals surface area (Å²) in [7, 11) is 2.05. The SMILES string of the molecule is C=C(/C=C(\C=N)c1ccc2sc3cccnc3c2c1)N(C)c1ccc(-c2ccc3c(c2)c2ccccc2n3C/C=C(\C=C(/N)c2ccccc2)c2ccccc2)cc1-c1ccccc1. The van der Waals surface area contributed by atoms with Crippen molar-refractivity contribution in [2.45, 2.75) is 6.54 Å². The zero-order chi connectivity index (χ0) is 43.6. The number of likely N-dealkylation sites (N-methyl/N-ethyl adjacent to an activating group) is 1. The van der Waals surface area contributed by atoms with Crippen molar-refractivity contribution < 1.29 is 0 Å². The monoisotopic (exact) mass is 843 g/mol. The van der Waals surface area contributed by atoms with E-state index >= 15 is 0 Å². The number of anilines is 1. The van der Waals surface area contributed by atoms with E-state index in [2.05, 4.69) is 167 Å². The van der Waals surface area contributed by atoms with Crippen LogP contribution in [0.1, 0.15) is 16.7 Å². The minimum absolute atomic E-state index is 0.667. The van der Waals surface area contributed by atoms with E-state index in [1.807, 2.05) is 67.9 Å². The Hall–Kier alpha value is -8.06. The van der Waals surface area contributed by atoms with Crippen LogP contribution in [0.25, 0.3) is 81.2 Å².